The van der Waals surface area contributed by atoms with Crippen LogP contribution in [0.15, 0.2) is 0 Å². The first kappa shape index (κ1) is 13.0. The number of aliphatic hydroxyl groups excluding tert-OH is 1. The van der Waals surface area contributed by atoms with Crippen molar-refractivity contribution in [3.05, 3.63) is 0 Å². The van der Waals surface area contributed by atoms with Crippen LogP contribution in [0.3, 0.4) is 0 Å². The zero-order chi connectivity index (χ0) is 11.7. The van der Waals surface area contributed by atoms with Crippen molar-refractivity contribution in [1.29, 1.82) is 0 Å². The highest BCUT2D eigenvalue weighted by atomic mass is 16.3. The summed E-state index contributed by atoms with van der Waals surface area (Å²) in [5.41, 5.74) is 6.31. The van der Waals surface area contributed by atoms with Crippen LogP contribution < -0.4 is 5.73 Å². The molecule has 90 valence electrons. The normalized spacial score (nSPS) is 38.0. The standard InChI is InChI=1S/C13H27NO/c1-10-6-5-7-13(8-9-15,11(10)2)12(3,4)14/h10-11,15H,5-9,14H2,1-4H3. The Labute approximate surface area is 94.2 Å². The lowest BCUT2D eigenvalue weighted by atomic mass is 9.54. The Kier molecular flexibility index (Phi) is 3.83. The van der Waals surface area contributed by atoms with Crippen molar-refractivity contribution in [2.75, 3.05) is 6.61 Å². The predicted octanol–water partition coefficient (Wildman–Crippen LogP) is 2.55. The van der Waals surface area contributed by atoms with Gasteiger partial charge in [0.2, 0.25) is 0 Å². The summed E-state index contributed by atoms with van der Waals surface area (Å²) in [4.78, 5) is 0. The average Bonchev–Trinajstić information content (AvgIpc) is 2.11. The summed E-state index contributed by atoms with van der Waals surface area (Å²) in [5, 5.41) is 9.30. The second kappa shape index (κ2) is 4.42. The van der Waals surface area contributed by atoms with E-state index in [1.54, 1.807) is 0 Å². The molecule has 2 heteroatoms. The fourth-order valence-electron chi connectivity index (χ4n) is 3.55. The van der Waals surface area contributed by atoms with Gasteiger partial charge in [-0.3, -0.25) is 0 Å². The van der Waals surface area contributed by atoms with Crippen molar-refractivity contribution in [1.82, 2.24) is 0 Å². The molecule has 0 aromatic rings. The van der Waals surface area contributed by atoms with E-state index in [1.807, 2.05) is 0 Å². The summed E-state index contributed by atoms with van der Waals surface area (Å²) >= 11 is 0. The molecule has 0 heterocycles. The Morgan fingerprint density at radius 2 is 2.00 bits per heavy atom. The first-order valence-electron chi connectivity index (χ1n) is 6.25. The van der Waals surface area contributed by atoms with Gasteiger partial charge in [0.05, 0.1) is 0 Å². The number of aliphatic hydroxyl groups is 1. The first-order chi connectivity index (χ1) is 6.85. The molecule has 0 aromatic heterocycles. The Morgan fingerprint density at radius 1 is 1.40 bits per heavy atom. The first-order valence-corrected chi connectivity index (χ1v) is 6.25. The van der Waals surface area contributed by atoms with E-state index in [0.29, 0.717) is 5.92 Å². The summed E-state index contributed by atoms with van der Waals surface area (Å²) in [5.74, 6) is 1.34. The molecular weight excluding hydrogens is 186 g/mol. The van der Waals surface area contributed by atoms with Gasteiger partial charge >= 0.3 is 0 Å². The lowest BCUT2D eigenvalue weighted by Crippen LogP contribution is -2.57. The van der Waals surface area contributed by atoms with Crippen LogP contribution in [0.4, 0.5) is 0 Å². The maximum Gasteiger partial charge on any atom is 0.0437 e. The van der Waals surface area contributed by atoms with Crippen LogP contribution in [0, 0.1) is 17.3 Å². The highest BCUT2D eigenvalue weighted by molar-refractivity contribution is 5.02. The molecule has 0 aromatic carbocycles. The minimum atomic E-state index is -0.191. The zero-order valence-corrected chi connectivity index (χ0v) is 10.7. The van der Waals surface area contributed by atoms with Crippen molar-refractivity contribution in [3.63, 3.8) is 0 Å². The molecule has 0 amide bonds. The fourth-order valence-corrected chi connectivity index (χ4v) is 3.55. The van der Waals surface area contributed by atoms with Crippen molar-refractivity contribution >= 4 is 0 Å². The molecule has 3 atom stereocenters. The number of nitrogens with two attached hydrogens (primary N) is 1. The van der Waals surface area contributed by atoms with Gasteiger partial charge in [-0.1, -0.05) is 26.7 Å². The molecule has 1 saturated carbocycles. The van der Waals surface area contributed by atoms with Crippen LogP contribution in [-0.2, 0) is 0 Å². The van der Waals surface area contributed by atoms with E-state index in [4.69, 9.17) is 5.73 Å². The molecule has 1 rings (SSSR count). The molecule has 0 saturated heterocycles. The van der Waals surface area contributed by atoms with Crippen LogP contribution in [0.5, 0.6) is 0 Å². The third kappa shape index (κ3) is 2.21. The van der Waals surface area contributed by atoms with Crippen LogP contribution in [0.1, 0.15) is 53.4 Å². The quantitative estimate of drug-likeness (QED) is 0.757. The molecule has 1 aliphatic carbocycles. The molecule has 2 nitrogen and oxygen atoms in total. The topological polar surface area (TPSA) is 46.2 Å². The number of hydrogen-bond acceptors (Lipinski definition) is 2. The van der Waals surface area contributed by atoms with E-state index in [9.17, 15) is 5.11 Å². The fraction of sp³-hybridized carbons (Fsp3) is 1.00. The van der Waals surface area contributed by atoms with Gasteiger partial charge in [-0.05, 0) is 43.9 Å². The van der Waals surface area contributed by atoms with Gasteiger partial charge in [0.1, 0.15) is 0 Å². The van der Waals surface area contributed by atoms with Gasteiger partial charge < -0.3 is 10.8 Å². The Hall–Kier alpha value is -0.0800. The van der Waals surface area contributed by atoms with E-state index in [1.165, 1.54) is 19.3 Å². The van der Waals surface area contributed by atoms with Crippen LogP contribution >= 0.6 is 0 Å². The Bertz CT molecular complexity index is 205. The molecule has 15 heavy (non-hydrogen) atoms. The van der Waals surface area contributed by atoms with Gasteiger partial charge in [-0.25, -0.2) is 0 Å². The van der Waals surface area contributed by atoms with Crippen LogP contribution in [0.2, 0.25) is 0 Å². The molecule has 0 aliphatic heterocycles. The summed E-state index contributed by atoms with van der Waals surface area (Å²) in [6.45, 7) is 9.14. The molecule has 3 unspecified atom stereocenters. The molecule has 3 N–H and O–H groups in total. The molecule has 0 bridgehead atoms. The Morgan fingerprint density at radius 3 is 2.47 bits per heavy atom. The minimum Gasteiger partial charge on any atom is -0.396 e. The third-order valence-electron chi connectivity index (χ3n) is 4.85. The smallest absolute Gasteiger partial charge is 0.0437 e. The second-order valence-electron chi connectivity index (χ2n) is 6.01. The van der Waals surface area contributed by atoms with Crippen molar-refractivity contribution in [2.45, 2.75) is 58.9 Å². The molecule has 1 fully saturated rings. The number of rotatable bonds is 3. The average molecular weight is 213 g/mol. The van der Waals surface area contributed by atoms with Gasteiger partial charge in [-0.2, -0.15) is 0 Å². The molecule has 0 spiro atoms. The largest absolute Gasteiger partial charge is 0.396 e. The zero-order valence-electron chi connectivity index (χ0n) is 10.7. The summed E-state index contributed by atoms with van der Waals surface area (Å²) < 4.78 is 0. The summed E-state index contributed by atoms with van der Waals surface area (Å²) in [7, 11) is 0. The lowest BCUT2D eigenvalue weighted by molar-refractivity contribution is -0.0223. The highest BCUT2D eigenvalue weighted by Gasteiger charge is 2.49. The van der Waals surface area contributed by atoms with E-state index in [2.05, 4.69) is 27.7 Å². The SMILES string of the molecule is CC1CCCC(CCO)(C(C)(C)N)C1C. The maximum absolute atomic E-state index is 9.30. The van der Waals surface area contributed by atoms with Crippen molar-refractivity contribution in [3.8, 4) is 0 Å². The van der Waals surface area contributed by atoms with E-state index in [-0.39, 0.29) is 17.6 Å². The van der Waals surface area contributed by atoms with Gasteiger partial charge in [-0.15, -0.1) is 0 Å². The van der Waals surface area contributed by atoms with Crippen LogP contribution in [-0.4, -0.2) is 17.3 Å². The van der Waals surface area contributed by atoms with Crippen molar-refractivity contribution in [2.24, 2.45) is 23.0 Å². The van der Waals surface area contributed by atoms with E-state index in [0.717, 1.165) is 12.3 Å². The Balaban J connectivity index is 2.98. The monoisotopic (exact) mass is 213 g/mol. The third-order valence-corrected chi connectivity index (χ3v) is 4.85. The lowest BCUT2D eigenvalue weighted by Gasteiger charge is -2.53. The summed E-state index contributed by atoms with van der Waals surface area (Å²) in [6.07, 6.45) is 4.58. The van der Waals surface area contributed by atoms with Gasteiger partial charge in [0.15, 0.2) is 0 Å². The predicted molar refractivity (Wildman–Crippen MR) is 64.6 cm³/mol. The maximum atomic E-state index is 9.30. The van der Waals surface area contributed by atoms with Gasteiger partial charge in [0, 0.05) is 12.1 Å². The van der Waals surface area contributed by atoms with E-state index >= 15 is 0 Å². The molecular formula is C13H27NO. The highest BCUT2D eigenvalue weighted by Crippen LogP contribution is 2.51. The van der Waals surface area contributed by atoms with Gasteiger partial charge in [0.25, 0.3) is 0 Å². The minimum absolute atomic E-state index is 0.124. The van der Waals surface area contributed by atoms with Crippen molar-refractivity contribution < 1.29 is 5.11 Å². The summed E-state index contributed by atoms with van der Waals surface area (Å²) in [6, 6.07) is 0. The number of hydrogen-bond donors (Lipinski definition) is 2. The second-order valence-corrected chi connectivity index (χ2v) is 6.01. The van der Waals surface area contributed by atoms with Crippen LogP contribution in [0.25, 0.3) is 0 Å². The molecule has 0 radical (unpaired) electrons. The van der Waals surface area contributed by atoms with E-state index < -0.39 is 0 Å². The molecule has 1 aliphatic rings.